The van der Waals surface area contributed by atoms with Gasteiger partial charge in [0.2, 0.25) is 0 Å². The van der Waals surface area contributed by atoms with Crippen LogP contribution in [0.15, 0.2) is 36.9 Å². The summed E-state index contributed by atoms with van der Waals surface area (Å²) < 4.78 is 4.75. The van der Waals surface area contributed by atoms with Gasteiger partial charge in [-0.05, 0) is 30.7 Å². The Labute approximate surface area is 117 Å². The minimum atomic E-state index is -0.946. The second-order valence-corrected chi connectivity index (χ2v) is 3.98. The minimum absolute atomic E-state index is 0.194. The van der Waals surface area contributed by atoms with Crippen LogP contribution in [0.2, 0.25) is 0 Å². The van der Waals surface area contributed by atoms with Crippen LogP contribution >= 0.6 is 0 Å². The highest BCUT2D eigenvalue weighted by Gasteiger charge is 2.01. The summed E-state index contributed by atoms with van der Waals surface area (Å²) in [7, 11) is 0. The molecule has 0 aliphatic heterocycles. The Morgan fingerprint density at radius 3 is 2.55 bits per heavy atom. The van der Waals surface area contributed by atoms with Crippen molar-refractivity contribution in [3.63, 3.8) is 0 Å². The summed E-state index contributed by atoms with van der Waals surface area (Å²) in [4.78, 5) is 21.8. The molecule has 0 saturated heterocycles. The summed E-state index contributed by atoms with van der Waals surface area (Å²) in [5.41, 5.74) is 1.09. The van der Waals surface area contributed by atoms with Crippen LogP contribution in [0, 0.1) is 0 Å². The van der Waals surface area contributed by atoms with E-state index < -0.39 is 12.1 Å². The number of ether oxygens (including phenoxy) is 1. The summed E-state index contributed by atoms with van der Waals surface area (Å²) in [6, 6.07) is 6.48. The first-order valence-electron chi connectivity index (χ1n) is 6.22. The number of alkyl carbamates (subject to hydrolysis) is 1. The fourth-order valence-corrected chi connectivity index (χ4v) is 1.43. The highest BCUT2D eigenvalue weighted by Crippen LogP contribution is 2.09. The first-order valence-corrected chi connectivity index (χ1v) is 6.22. The number of hydrogen-bond donors (Lipinski definition) is 3. The van der Waals surface area contributed by atoms with E-state index in [1.165, 1.54) is 18.2 Å². The third-order valence-corrected chi connectivity index (χ3v) is 2.42. The zero-order valence-corrected chi connectivity index (χ0v) is 11.1. The van der Waals surface area contributed by atoms with Crippen molar-refractivity contribution in [3.05, 3.63) is 42.5 Å². The fraction of sp³-hybridized carbons (Fsp3) is 0.286. The molecule has 0 aliphatic carbocycles. The average Bonchev–Trinajstić information content (AvgIpc) is 2.45. The molecular weight excluding hydrogens is 260 g/mol. The SMILES string of the molecule is C=CCOC(=O)NCCCNc1ccc(C(=O)O)cc1. The Bertz CT molecular complexity index is 457. The molecule has 6 heteroatoms. The van der Waals surface area contributed by atoms with Gasteiger partial charge < -0.3 is 20.5 Å². The molecule has 108 valence electrons. The van der Waals surface area contributed by atoms with E-state index in [0.717, 1.165) is 12.1 Å². The van der Waals surface area contributed by atoms with Gasteiger partial charge in [0.15, 0.2) is 0 Å². The predicted octanol–water partition coefficient (Wildman–Crippen LogP) is 2.10. The Balaban J connectivity index is 2.16. The Kier molecular flexibility index (Phi) is 6.67. The van der Waals surface area contributed by atoms with Gasteiger partial charge in [0.1, 0.15) is 6.61 Å². The van der Waals surface area contributed by atoms with Crippen molar-refractivity contribution in [3.8, 4) is 0 Å². The van der Waals surface area contributed by atoms with Crippen LogP contribution < -0.4 is 10.6 Å². The van der Waals surface area contributed by atoms with Crippen LogP contribution in [-0.2, 0) is 4.74 Å². The van der Waals surface area contributed by atoms with Gasteiger partial charge in [0.25, 0.3) is 0 Å². The molecule has 0 bridgehead atoms. The van der Waals surface area contributed by atoms with E-state index in [0.29, 0.717) is 13.1 Å². The predicted molar refractivity (Wildman–Crippen MR) is 76.1 cm³/mol. The van der Waals surface area contributed by atoms with Gasteiger partial charge in [-0.1, -0.05) is 12.7 Å². The number of carbonyl (C=O) groups excluding carboxylic acids is 1. The molecule has 20 heavy (non-hydrogen) atoms. The van der Waals surface area contributed by atoms with Gasteiger partial charge >= 0.3 is 12.1 Å². The molecule has 0 unspecified atom stereocenters. The average molecular weight is 278 g/mol. The van der Waals surface area contributed by atoms with Crippen molar-refractivity contribution in [2.45, 2.75) is 6.42 Å². The van der Waals surface area contributed by atoms with Crippen LogP contribution in [0.1, 0.15) is 16.8 Å². The summed E-state index contributed by atoms with van der Waals surface area (Å²) >= 11 is 0. The van der Waals surface area contributed by atoms with Gasteiger partial charge in [0.05, 0.1) is 5.56 Å². The molecule has 0 aromatic heterocycles. The quantitative estimate of drug-likeness (QED) is 0.500. The lowest BCUT2D eigenvalue weighted by molar-refractivity contribution is 0.0697. The topological polar surface area (TPSA) is 87.7 Å². The molecule has 0 radical (unpaired) electrons. The third kappa shape index (κ3) is 5.90. The molecule has 1 rings (SSSR count). The number of amides is 1. The van der Waals surface area contributed by atoms with Gasteiger partial charge in [0, 0.05) is 18.8 Å². The maximum absolute atomic E-state index is 11.1. The van der Waals surface area contributed by atoms with Crippen molar-refractivity contribution in [1.82, 2.24) is 5.32 Å². The van der Waals surface area contributed by atoms with Crippen LogP contribution in [0.5, 0.6) is 0 Å². The van der Waals surface area contributed by atoms with Crippen molar-refractivity contribution in [1.29, 1.82) is 0 Å². The first-order chi connectivity index (χ1) is 9.63. The van der Waals surface area contributed by atoms with E-state index >= 15 is 0 Å². The molecular formula is C14H18N2O4. The number of rotatable bonds is 8. The summed E-state index contributed by atoms with van der Waals surface area (Å²) in [6.07, 6.45) is 1.77. The molecule has 1 aromatic rings. The maximum atomic E-state index is 11.1. The lowest BCUT2D eigenvalue weighted by Crippen LogP contribution is -2.26. The number of aromatic carboxylic acids is 1. The van der Waals surface area contributed by atoms with Crippen molar-refractivity contribution >= 4 is 17.7 Å². The van der Waals surface area contributed by atoms with Gasteiger partial charge in [-0.15, -0.1) is 0 Å². The van der Waals surface area contributed by atoms with Crippen molar-refractivity contribution in [2.75, 3.05) is 25.0 Å². The molecule has 0 spiro atoms. The van der Waals surface area contributed by atoms with Gasteiger partial charge in [-0.2, -0.15) is 0 Å². The number of nitrogens with one attached hydrogen (secondary N) is 2. The summed E-state index contributed by atoms with van der Waals surface area (Å²) in [5.74, 6) is -0.946. The molecule has 1 amide bonds. The largest absolute Gasteiger partial charge is 0.478 e. The number of anilines is 1. The molecule has 0 heterocycles. The minimum Gasteiger partial charge on any atom is -0.478 e. The maximum Gasteiger partial charge on any atom is 0.407 e. The fourth-order valence-electron chi connectivity index (χ4n) is 1.43. The van der Waals surface area contributed by atoms with Crippen LogP contribution in [0.4, 0.5) is 10.5 Å². The molecule has 0 atom stereocenters. The summed E-state index contributed by atoms with van der Waals surface area (Å²) in [5, 5.41) is 14.5. The standard InChI is InChI=1S/C14H18N2O4/c1-2-10-20-14(19)16-9-3-8-15-12-6-4-11(5-7-12)13(17)18/h2,4-7,15H,1,3,8-10H2,(H,16,19)(H,17,18). The van der Waals surface area contributed by atoms with Crippen LogP contribution in [0.25, 0.3) is 0 Å². The van der Waals surface area contributed by atoms with Crippen LogP contribution in [-0.4, -0.2) is 36.9 Å². The Hall–Kier alpha value is -2.50. The first kappa shape index (κ1) is 15.6. The van der Waals surface area contributed by atoms with E-state index in [-0.39, 0.29) is 12.2 Å². The molecule has 0 fully saturated rings. The lowest BCUT2D eigenvalue weighted by Gasteiger charge is -2.08. The lowest BCUT2D eigenvalue weighted by atomic mass is 10.2. The monoisotopic (exact) mass is 278 g/mol. The molecule has 0 aliphatic rings. The molecule has 0 saturated carbocycles. The van der Waals surface area contributed by atoms with E-state index in [1.54, 1.807) is 12.1 Å². The number of carboxylic acids is 1. The Morgan fingerprint density at radius 2 is 1.95 bits per heavy atom. The zero-order chi connectivity index (χ0) is 14.8. The van der Waals surface area contributed by atoms with E-state index in [1.807, 2.05) is 0 Å². The Morgan fingerprint density at radius 1 is 1.25 bits per heavy atom. The van der Waals surface area contributed by atoms with E-state index in [2.05, 4.69) is 17.2 Å². The van der Waals surface area contributed by atoms with Crippen molar-refractivity contribution in [2.24, 2.45) is 0 Å². The highest BCUT2D eigenvalue weighted by molar-refractivity contribution is 5.87. The third-order valence-electron chi connectivity index (χ3n) is 2.42. The van der Waals surface area contributed by atoms with E-state index in [4.69, 9.17) is 9.84 Å². The second kappa shape index (κ2) is 8.58. The van der Waals surface area contributed by atoms with Gasteiger partial charge in [-0.25, -0.2) is 9.59 Å². The number of carboxylic acid groups (broad SMARTS) is 1. The number of carbonyl (C=O) groups is 2. The smallest absolute Gasteiger partial charge is 0.407 e. The van der Waals surface area contributed by atoms with Gasteiger partial charge in [-0.3, -0.25) is 0 Å². The zero-order valence-electron chi connectivity index (χ0n) is 11.1. The molecule has 3 N–H and O–H groups in total. The highest BCUT2D eigenvalue weighted by atomic mass is 16.5. The van der Waals surface area contributed by atoms with Crippen LogP contribution in [0.3, 0.4) is 0 Å². The normalized spacial score (nSPS) is 9.60. The second-order valence-electron chi connectivity index (χ2n) is 3.98. The number of benzene rings is 1. The molecule has 6 nitrogen and oxygen atoms in total. The molecule has 1 aromatic carbocycles. The number of hydrogen-bond acceptors (Lipinski definition) is 4. The van der Waals surface area contributed by atoms with E-state index in [9.17, 15) is 9.59 Å². The summed E-state index contributed by atoms with van der Waals surface area (Å²) in [6.45, 7) is 4.79. The van der Waals surface area contributed by atoms with Crippen molar-refractivity contribution < 1.29 is 19.4 Å².